The van der Waals surface area contributed by atoms with Gasteiger partial charge in [0.1, 0.15) is 0 Å². The van der Waals surface area contributed by atoms with Gasteiger partial charge in [0.2, 0.25) is 5.91 Å². The maximum atomic E-state index is 11.6. The average molecular weight is 202 g/mol. The molecule has 0 aliphatic carbocycles. The quantitative estimate of drug-likeness (QED) is 0.640. The van der Waals surface area contributed by atoms with E-state index in [1.807, 2.05) is 18.9 Å². The van der Waals surface area contributed by atoms with Crippen molar-refractivity contribution in [2.75, 3.05) is 20.1 Å². The number of carbonyl (C=O) groups excluding carboxylic acids is 1. The molecule has 0 aromatic heterocycles. The number of nitrogens with zero attached hydrogens (tertiary/aromatic N) is 1. The van der Waals surface area contributed by atoms with Crippen molar-refractivity contribution in [1.29, 1.82) is 0 Å². The minimum absolute atomic E-state index is 0.134. The Morgan fingerprint density at radius 3 is 2.54 bits per heavy atom. The lowest BCUT2D eigenvalue weighted by atomic mass is 10.1. The number of hydrogen-bond donors (Lipinski definition) is 2. The summed E-state index contributed by atoms with van der Waals surface area (Å²) in [7, 11) is 1.88. The molecule has 76 valence electrons. The molecule has 1 heterocycles. The summed E-state index contributed by atoms with van der Waals surface area (Å²) >= 11 is 4.15. The third-order valence-corrected chi connectivity index (χ3v) is 2.78. The Morgan fingerprint density at radius 2 is 2.08 bits per heavy atom. The van der Waals surface area contributed by atoms with E-state index in [0.29, 0.717) is 6.04 Å². The molecule has 1 rings (SSSR count). The van der Waals surface area contributed by atoms with Gasteiger partial charge in [-0.05, 0) is 32.9 Å². The number of amides is 1. The molecule has 4 heteroatoms. The highest BCUT2D eigenvalue weighted by atomic mass is 32.1. The third-order valence-electron chi connectivity index (χ3n) is 2.56. The van der Waals surface area contributed by atoms with Crippen molar-refractivity contribution < 1.29 is 4.79 Å². The summed E-state index contributed by atoms with van der Waals surface area (Å²) in [6.07, 6.45) is 2.12. The largest absolute Gasteiger partial charge is 0.342 e. The standard InChI is InChI=1S/C9H18N2OS/c1-7(13)9(12)11(2)8-3-5-10-6-4-8/h7-8,10,13H,3-6H2,1-2H3. The van der Waals surface area contributed by atoms with Crippen LogP contribution in [0.15, 0.2) is 0 Å². The third kappa shape index (κ3) is 2.88. The van der Waals surface area contributed by atoms with Crippen LogP contribution < -0.4 is 5.32 Å². The van der Waals surface area contributed by atoms with Gasteiger partial charge in [-0.1, -0.05) is 0 Å². The molecule has 1 N–H and O–H groups in total. The first-order valence-electron chi connectivity index (χ1n) is 4.78. The van der Waals surface area contributed by atoms with Gasteiger partial charge in [-0.25, -0.2) is 0 Å². The highest BCUT2D eigenvalue weighted by molar-refractivity contribution is 7.81. The van der Waals surface area contributed by atoms with Gasteiger partial charge in [0, 0.05) is 13.1 Å². The molecule has 3 nitrogen and oxygen atoms in total. The van der Waals surface area contributed by atoms with E-state index in [-0.39, 0.29) is 11.2 Å². The number of nitrogens with one attached hydrogen (secondary N) is 1. The predicted octanol–water partition coefficient (Wildman–Crippen LogP) is 0.515. The molecule has 1 unspecified atom stereocenters. The SMILES string of the molecule is CC(S)C(=O)N(C)C1CCNCC1. The topological polar surface area (TPSA) is 32.3 Å². The second-order valence-corrected chi connectivity index (χ2v) is 4.38. The molecule has 0 saturated carbocycles. The van der Waals surface area contributed by atoms with Crippen LogP contribution in [0.5, 0.6) is 0 Å². The van der Waals surface area contributed by atoms with Crippen LogP contribution in [0.25, 0.3) is 0 Å². The maximum Gasteiger partial charge on any atom is 0.235 e. The van der Waals surface area contributed by atoms with Gasteiger partial charge >= 0.3 is 0 Å². The smallest absolute Gasteiger partial charge is 0.235 e. The first kappa shape index (κ1) is 10.9. The Hall–Kier alpha value is -0.220. The molecule has 0 aromatic rings. The number of thiol groups is 1. The Kier molecular flexibility index (Phi) is 4.06. The lowest BCUT2D eigenvalue weighted by molar-refractivity contribution is -0.131. The van der Waals surface area contributed by atoms with Crippen LogP contribution in [-0.2, 0) is 4.79 Å². The van der Waals surface area contributed by atoms with Crippen LogP contribution in [0.4, 0.5) is 0 Å². The monoisotopic (exact) mass is 202 g/mol. The van der Waals surface area contributed by atoms with E-state index < -0.39 is 0 Å². The fourth-order valence-electron chi connectivity index (χ4n) is 1.67. The summed E-state index contributed by atoms with van der Waals surface area (Å²) in [5.74, 6) is 0.134. The van der Waals surface area contributed by atoms with Gasteiger partial charge in [0.05, 0.1) is 5.25 Å². The lowest BCUT2D eigenvalue weighted by Crippen LogP contribution is -2.45. The average Bonchev–Trinajstić information content (AvgIpc) is 2.17. The van der Waals surface area contributed by atoms with Gasteiger partial charge in [-0.2, -0.15) is 12.6 Å². The van der Waals surface area contributed by atoms with Crippen LogP contribution in [0, 0.1) is 0 Å². The van der Waals surface area contributed by atoms with Crippen molar-refractivity contribution in [2.45, 2.75) is 31.1 Å². The van der Waals surface area contributed by atoms with Gasteiger partial charge < -0.3 is 10.2 Å². The number of rotatable bonds is 2. The lowest BCUT2D eigenvalue weighted by Gasteiger charge is -2.32. The molecule has 1 saturated heterocycles. The highest BCUT2D eigenvalue weighted by Crippen LogP contribution is 2.12. The second-order valence-electron chi connectivity index (χ2n) is 3.61. The van der Waals surface area contributed by atoms with Gasteiger partial charge in [0.15, 0.2) is 0 Å². The number of piperidine rings is 1. The van der Waals surface area contributed by atoms with Crippen molar-refractivity contribution in [3.05, 3.63) is 0 Å². The van der Waals surface area contributed by atoms with Crippen LogP contribution in [-0.4, -0.2) is 42.2 Å². The molecule has 1 fully saturated rings. The zero-order chi connectivity index (χ0) is 9.84. The van der Waals surface area contributed by atoms with Crippen molar-refractivity contribution in [3.63, 3.8) is 0 Å². The molecule has 13 heavy (non-hydrogen) atoms. The molecular formula is C9H18N2OS. The van der Waals surface area contributed by atoms with Crippen LogP contribution in [0.1, 0.15) is 19.8 Å². The molecule has 1 aliphatic rings. The summed E-state index contributed by atoms with van der Waals surface area (Å²) in [5.41, 5.74) is 0. The van der Waals surface area contributed by atoms with E-state index in [2.05, 4.69) is 17.9 Å². The Bertz CT molecular complexity index is 178. The van der Waals surface area contributed by atoms with Gasteiger partial charge in [0.25, 0.3) is 0 Å². The van der Waals surface area contributed by atoms with E-state index in [1.54, 1.807) is 0 Å². The van der Waals surface area contributed by atoms with Crippen LogP contribution in [0.3, 0.4) is 0 Å². The van der Waals surface area contributed by atoms with Gasteiger partial charge in [-0.15, -0.1) is 0 Å². The van der Waals surface area contributed by atoms with Crippen molar-refractivity contribution >= 4 is 18.5 Å². The predicted molar refractivity (Wildman–Crippen MR) is 57.1 cm³/mol. The molecular weight excluding hydrogens is 184 g/mol. The summed E-state index contributed by atoms with van der Waals surface area (Å²) < 4.78 is 0. The second kappa shape index (κ2) is 4.86. The molecule has 1 amide bonds. The normalized spacial score (nSPS) is 21.2. The van der Waals surface area contributed by atoms with Gasteiger partial charge in [-0.3, -0.25) is 4.79 Å². The fraction of sp³-hybridized carbons (Fsp3) is 0.889. The Labute approximate surface area is 85.3 Å². The van der Waals surface area contributed by atoms with Crippen molar-refractivity contribution in [3.8, 4) is 0 Å². The molecule has 0 radical (unpaired) electrons. The zero-order valence-corrected chi connectivity index (χ0v) is 9.18. The maximum absolute atomic E-state index is 11.6. The number of hydrogen-bond acceptors (Lipinski definition) is 3. The van der Waals surface area contributed by atoms with Crippen LogP contribution in [0.2, 0.25) is 0 Å². The van der Waals surface area contributed by atoms with E-state index in [0.717, 1.165) is 25.9 Å². The summed E-state index contributed by atoms with van der Waals surface area (Å²) in [5, 5.41) is 3.10. The fourth-order valence-corrected chi connectivity index (χ4v) is 1.85. The molecule has 0 aromatic carbocycles. The number of carbonyl (C=O) groups is 1. The van der Waals surface area contributed by atoms with E-state index in [4.69, 9.17) is 0 Å². The van der Waals surface area contributed by atoms with Crippen LogP contribution >= 0.6 is 12.6 Å². The Balaban J connectivity index is 2.45. The minimum Gasteiger partial charge on any atom is -0.342 e. The summed E-state index contributed by atoms with van der Waals surface area (Å²) in [4.78, 5) is 13.4. The first-order valence-corrected chi connectivity index (χ1v) is 5.30. The van der Waals surface area contributed by atoms with Crippen molar-refractivity contribution in [2.24, 2.45) is 0 Å². The highest BCUT2D eigenvalue weighted by Gasteiger charge is 2.23. The van der Waals surface area contributed by atoms with E-state index in [1.165, 1.54) is 0 Å². The van der Waals surface area contributed by atoms with Crippen molar-refractivity contribution in [1.82, 2.24) is 10.2 Å². The molecule has 0 bridgehead atoms. The first-order chi connectivity index (χ1) is 6.13. The minimum atomic E-state index is -0.181. The summed E-state index contributed by atoms with van der Waals surface area (Å²) in [6, 6.07) is 0.406. The van der Waals surface area contributed by atoms with E-state index in [9.17, 15) is 4.79 Å². The van der Waals surface area contributed by atoms with E-state index >= 15 is 0 Å². The molecule has 1 atom stereocenters. The molecule has 0 spiro atoms. The summed E-state index contributed by atoms with van der Waals surface area (Å²) in [6.45, 7) is 3.86. The Morgan fingerprint density at radius 1 is 1.54 bits per heavy atom. The molecule has 1 aliphatic heterocycles. The zero-order valence-electron chi connectivity index (χ0n) is 8.29.